The number of hydrogen-bond acceptors (Lipinski definition) is 0. The van der Waals surface area contributed by atoms with Gasteiger partial charge in [0.25, 0.3) is 0 Å². The molecule has 0 aromatic heterocycles. The zero-order valence-electron chi connectivity index (χ0n) is 5.48. The van der Waals surface area contributed by atoms with Crippen molar-refractivity contribution in [2.45, 2.75) is 25.7 Å². The van der Waals surface area contributed by atoms with Gasteiger partial charge >= 0.3 is 1.43 Å². The molecule has 0 aromatic carbocycles. The Morgan fingerprint density at radius 3 is 2.86 bits per heavy atom. The van der Waals surface area contributed by atoms with Crippen molar-refractivity contribution in [3.05, 3.63) is 11.6 Å². The van der Waals surface area contributed by atoms with Gasteiger partial charge in [-0.25, -0.2) is 0 Å². The molecule has 0 spiro atoms. The molecule has 2 aliphatic carbocycles. The molecule has 1 atom stereocenters. The maximum Gasteiger partial charge on any atom is 1.00 e. The quantitative estimate of drug-likeness (QED) is 0.405. The topological polar surface area (TPSA) is 0 Å². The summed E-state index contributed by atoms with van der Waals surface area (Å²) in [6.45, 7) is 0. The lowest BCUT2D eigenvalue weighted by atomic mass is 10.1. The van der Waals surface area contributed by atoms with Crippen LogP contribution in [0.4, 0.5) is 0 Å². The van der Waals surface area contributed by atoms with Gasteiger partial charge < -0.3 is 0 Å². The van der Waals surface area contributed by atoms with Crippen molar-refractivity contribution >= 4 is 0 Å². The van der Waals surface area contributed by atoms with Gasteiger partial charge in [0.1, 0.15) is 0 Å². The summed E-state index contributed by atoms with van der Waals surface area (Å²) in [6, 6.07) is 0. The highest BCUT2D eigenvalue weighted by Crippen LogP contribution is 2.38. The highest BCUT2D eigenvalue weighted by Gasteiger charge is 2.22. The molecule has 38 valence electrons. The molecular formula is C7H11+. The average Bonchev–Trinajstić information content (AvgIpc) is 2.22. The molecule has 0 amide bonds. The van der Waals surface area contributed by atoms with Gasteiger partial charge in [-0.2, -0.15) is 0 Å². The van der Waals surface area contributed by atoms with E-state index in [9.17, 15) is 0 Å². The average molecular weight is 95.2 g/mol. The fraction of sp³-hybridized carbons (Fsp3) is 0.714. The van der Waals surface area contributed by atoms with Gasteiger partial charge in [-0.3, -0.25) is 0 Å². The maximum absolute atomic E-state index is 2.42. The molecule has 0 N–H and O–H groups in total. The summed E-state index contributed by atoms with van der Waals surface area (Å²) < 4.78 is 0. The Morgan fingerprint density at radius 2 is 2.71 bits per heavy atom. The molecule has 0 saturated heterocycles. The van der Waals surface area contributed by atoms with Gasteiger partial charge in [-0.1, -0.05) is 11.6 Å². The van der Waals surface area contributed by atoms with E-state index < -0.39 is 0 Å². The van der Waals surface area contributed by atoms with Gasteiger partial charge in [0, 0.05) is 0 Å². The van der Waals surface area contributed by atoms with Crippen LogP contribution in [0.5, 0.6) is 0 Å². The van der Waals surface area contributed by atoms with Crippen LogP contribution in [0.3, 0.4) is 0 Å². The molecular weight excluding hydrogens is 84.1 g/mol. The summed E-state index contributed by atoms with van der Waals surface area (Å²) in [5.41, 5.74) is 1.74. The van der Waals surface area contributed by atoms with E-state index in [1.165, 1.54) is 25.7 Å². The van der Waals surface area contributed by atoms with Crippen molar-refractivity contribution in [1.82, 2.24) is 0 Å². The van der Waals surface area contributed by atoms with E-state index in [4.69, 9.17) is 0 Å². The Kier molecular flexibility index (Phi) is 0.592. The summed E-state index contributed by atoms with van der Waals surface area (Å²) in [6.07, 6.45) is 8.18. The number of fused-ring (bicyclic) bond motifs is 2. The standard InChI is InChI=1S/C7H10/c1-2-7-4-3-6(1)5-7/h1,7H,2-5H2/p+1. The minimum absolute atomic E-state index is 0. The van der Waals surface area contributed by atoms with Crippen molar-refractivity contribution in [3.63, 3.8) is 0 Å². The molecule has 2 aliphatic rings. The van der Waals surface area contributed by atoms with E-state index in [1.807, 2.05) is 0 Å². The van der Waals surface area contributed by atoms with Gasteiger partial charge in [-0.15, -0.1) is 0 Å². The largest absolute Gasteiger partial charge is 1.00 e. The van der Waals surface area contributed by atoms with Crippen molar-refractivity contribution in [3.8, 4) is 0 Å². The van der Waals surface area contributed by atoms with E-state index in [0.29, 0.717) is 0 Å². The molecule has 0 heterocycles. The van der Waals surface area contributed by atoms with Crippen LogP contribution in [0.2, 0.25) is 0 Å². The predicted octanol–water partition coefficient (Wildman–Crippen LogP) is 2.23. The minimum Gasteiger partial charge on any atom is -0.0850 e. The second-order valence-electron chi connectivity index (χ2n) is 2.71. The van der Waals surface area contributed by atoms with Gasteiger partial charge in [0.05, 0.1) is 0 Å². The molecule has 7 heavy (non-hydrogen) atoms. The molecule has 1 saturated carbocycles. The lowest BCUT2D eigenvalue weighted by molar-refractivity contribution is 0.576. The fourth-order valence-corrected chi connectivity index (χ4v) is 1.68. The Hall–Kier alpha value is -0.260. The predicted molar refractivity (Wildman–Crippen MR) is 31.2 cm³/mol. The third-order valence-electron chi connectivity index (χ3n) is 2.16. The number of rotatable bonds is 0. The van der Waals surface area contributed by atoms with Crippen LogP contribution >= 0.6 is 0 Å². The maximum atomic E-state index is 2.42. The smallest absolute Gasteiger partial charge is 0.0850 e. The summed E-state index contributed by atoms with van der Waals surface area (Å²) >= 11 is 0. The zero-order valence-corrected chi connectivity index (χ0v) is 4.48. The van der Waals surface area contributed by atoms with Crippen molar-refractivity contribution in [2.75, 3.05) is 0 Å². The molecule has 2 bridgehead atoms. The molecule has 1 fully saturated rings. The third-order valence-corrected chi connectivity index (χ3v) is 2.16. The van der Waals surface area contributed by atoms with Crippen LogP contribution in [-0.4, -0.2) is 0 Å². The second kappa shape index (κ2) is 1.12. The lowest BCUT2D eigenvalue weighted by Crippen LogP contribution is -1.85. The van der Waals surface area contributed by atoms with E-state index in [-0.39, 0.29) is 1.43 Å². The first-order valence-electron chi connectivity index (χ1n) is 3.13. The fourth-order valence-electron chi connectivity index (χ4n) is 1.68. The van der Waals surface area contributed by atoms with Crippen molar-refractivity contribution < 1.29 is 1.43 Å². The van der Waals surface area contributed by atoms with Crippen LogP contribution in [0.15, 0.2) is 11.6 Å². The van der Waals surface area contributed by atoms with Crippen molar-refractivity contribution in [2.24, 2.45) is 5.92 Å². The summed E-state index contributed by atoms with van der Waals surface area (Å²) in [5.74, 6) is 1.08. The number of allylic oxidation sites excluding steroid dienone is 2. The van der Waals surface area contributed by atoms with E-state index in [0.717, 1.165) is 5.92 Å². The van der Waals surface area contributed by atoms with Crippen LogP contribution in [0.25, 0.3) is 0 Å². The Bertz CT molecular complexity index is 116. The van der Waals surface area contributed by atoms with Gasteiger partial charge in [0.15, 0.2) is 0 Å². The van der Waals surface area contributed by atoms with Crippen LogP contribution in [0.1, 0.15) is 27.1 Å². The Morgan fingerprint density at radius 1 is 1.71 bits per heavy atom. The first-order chi connectivity index (χ1) is 3.45. The third kappa shape index (κ3) is 0.425. The van der Waals surface area contributed by atoms with Gasteiger partial charge in [-0.05, 0) is 31.6 Å². The van der Waals surface area contributed by atoms with Crippen molar-refractivity contribution in [1.29, 1.82) is 0 Å². The molecule has 1 unspecified atom stereocenters. The first-order valence-corrected chi connectivity index (χ1v) is 3.13. The molecule has 0 nitrogen and oxygen atoms in total. The Labute approximate surface area is 45.7 Å². The van der Waals surface area contributed by atoms with Crippen LogP contribution in [-0.2, 0) is 0 Å². The monoisotopic (exact) mass is 95.1 g/mol. The summed E-state index contributed by atoms with van der Waals surface area (Å²) in [4.78, 5) is 0. The minimum atomic E-state index is 0. The first kappa shape index (κ1) is 3.71. The van der Waals surface area contributed by atoms with E-state index in [1.54, 1.807) is 5.57 Å². The molecule has 0 aromatic rings. The van der Waals surface area contributed by atoms with Crippen LogP contribution in [0, 0.1) is 5.92 Å². The summed E-state index contributed by atoms with van der Waals surface area (Å²) in [7, 11) is 0. The lowest BCUT2D eigenvalue weighted by Gasteiger charge is -1.98. The molecule has 0 radical (unpaired) electrons. The normalized spacial score (nSPS) is 36.6. The second-order valence-corrected chi connectivity index (χ2v) is 2.71. The molecule has 0 aliphatic heterocycles. The number of hydrogen-bond donors (Lipinski definition) is 0. The Balaban J connectivity index is 0.000000320. The van der Waals surface area contributed by atoms with E-state index in [2.05, 4.69) is 6.08 Å². The van der Waals surface area contributed by atoms with E-state index >= 15 is 0 Å². The molecule has 2 rings (SSSR count). The zero-order chi connectivity index (χ0) is 4.69. The summed E-state index contributed by atoms with van der Waals surface area (Å²) in [5, 5.41) is 0. The van der Waals surface area contributed by atoms with Crippen LogP contribution < -0.4 is 0 Å². The van der Waals surface area contributed by atoms with Gasteiger partial charge in [0.2, 0.25) is 0 Å². The molecule has 0 heteroatoms. The highest BCUT2D eigenvalue weighted by molar-refractivity contribution is 5.15. The SMILES string of the molecule is C1=C2CCC(C1)C2.[H+]. The highest BCUT2D eigenvalue weighted by atomic mass is 14.3.